The van der Waals surface area contributed by atoms with Gasteiger partial charge in [0.2, 0.25) is 0 Å². The predicted molar refractivity (Wildman–Crippen MR) is 137 cm³/mol. The molecule has 6 nitrogen and oxygen atoms in total. The van der Waals surface area contributed by atoms with Gasteiger partial charge >= 0.3 is 0 Å². The Balaban J connectivity index is 1.25. The van der Waals surface area contributed by atoms with Crippen molar-refractivity contribution in [2.24, 2.45) is 0 Å². The number of nitrogens with zero attached hydrogens (tertiary/aromatic N) is 2. The minimum atomic E-state index is -0.189. The van der Waals surface area contributed by atoms with Crippen molar-refractivity contribution in [3.63, 3.8) is 0 Å². The summed E-state index contributed by atoms with van der Waals surface area (Å²) in [5, 5.41) is 3.55. The minimum absolute atomic E-state index is 0.0311. The summed E-state index contributed by atoms with van der Waals surface area (Å²) in [5.41, 5.74) is 4.56. The number of aromatic nitrogens is 1. The zero-order valence-corrected chi connectivity index (χ0v) is 20.6. The molecule has 2 aromatic carbocycles. The second-order valence-corrected chi connectivity index (χ2v) is 9.76. The molecule has 2 amide bonds. The molecule has 1 atom stereocenters. The van der Waals surface area contributed by atoms with Crippen LogP contribution in [0.15, 0.2) is 67.0 Å². The summed E-state index contributed by atoms with van der Waals surface area (Å²) in [6.07, 6.45) is 7.44. The third-order valence-corrected chi connectivity index (χ3v) is 7.62. The predicted octanol–water partition coefficient (Wildman–Crippen LogP) is 4.31. The van der Waals surface area contributed by atoms with Crippen molar-refractivity contribution in [2.75, 3.05) is 25.0 Å². The molecule has 0 bridgehead atoms. The van der Waals surface area contributed by atoms with Gasteiger partial charge in [0, 0.05) is 49.6 Å². The molecule has 1 aliphatic carbocycles. The van der Waals surface area contributed by atoms with Gasteiger partial charge in [-0.25, -0.2) is 4.98 Å². The first kappa shape index (κ1) is 23.4. The Labute approximate surface area is 210 Å². The quantitative estimate of drug-likeness (QED) is 0.580. The van der Waals surface area contributed by atoms with Gasteiger partial charge in [-0.15, -0.1) is 0 Å². The summed E-state index contributed by atoms with van der Waals surface area (Å²) in [6.45, 7) is 1.85. The van der Waals surface area contributed by atoms with Crippen LogP contribution < -0.4 is 15.2 Å². The number of anilines is 1. The zero-order chi connectivity index (χ0) is 24.4. The fourth-order valence-corrected chi connectivity index (χ4v) is 5.46. The first-order valence-electron chi connectivity index (χ1n) is 12.2. The number of rotatable bonds is 5. The Morgan fingerprint density at radius 3 is 2.51 bits per heavy atom. The third-order valence-electron chi connectivity index (χ3n) is 7.29. The number of aryl methyl sites for hydroxylation is 1. The number of carbonyl (C=O) groups excluding carboxylic acids is 2. The molecule has 180 valence electrons. The molecule has 1 saturated heterocycles. The molecule has 2 heterocycles. The first-order valence-corrected chi connectivity index (χ1v) is 12.6. The Kier molecular flexibility index (Phi) is 6.73. The maximum atomic E-state index is 13.4. The first-order chi connectivity index (χ1) is 17.0. The molecular weight excluding hydrogens is 460 g/mol. The van der Waals surface area contributed by atoms with Crippen molar-refractivity contribution < 1.29 is 14.6 Å². The van der Waals surface area contributed by atoms with Crippen molar-refractivity contribution in [1.29, 1.82) is 0 Å². The van der Waals surface area contributed by atoms with Crippen LogP contribution in [-0.4, -0.2) is 42.9 Å². The van der Waals surface area contributed by atoms with E-state index in [4.69, 9.17) is 11.6 Å². The summed E-state index contributed by atoms with van der Waals surface area (Å²) >= 11 is 6.21. The number of H-pyrrole nitrogens is 1. The average molecular weight is 490 g/mol. The lowest BCUT2D eigenvalue weighted by Crippen LogP contribution is -2.45. The van der Waals surface area contributed by atoms with Crippen LogP contribution in [0.3, 0.4) is 0 Å². The molecular formula is C28H30ClN4O2+. The molecule has 0 radical (unpaired) electrons. The van der Waals surface area contributed by atoms with E-state index in [0.717, 1.165) is 44.3 Å². The summed E-state index contributed by atoms with van der Waals surface area (Å²) in [5.74, 6) is -0.158. The Morgan fingerprint density at radius 2 is 1.77 bits per heavy atom. The lowest BCUT2D eigenvalue weighted by Gasteiger charge is -2.37. The lowest BCUT2D eigenvalue weighted by molar-refractivity contribution is -0.377. The highest BCUT2D eigenvalue weighted by molar-refractivity contribution is 6.33. The third kappa shape index (κ3) is 4.89. The highest BCUT2D eigenvalue weighted by Crippen LogP contribution is 2.33. The number of carbonyl (C=O) groups is 2. The number of pyridine rings is 1. The van der Waals surface area contributed by atoms with E-state index >= 15 is 0 Å². The summed E-state index contributed by atoms with van der Waals surface area (Å²) in [7, 11) is 1.91. The molecule has 1 fully saturated rings. The minimum Gasteiger partial charge on any atom is -0.371 e. The van der Waals surface area contributed by atoms with Gasteiger partial charge < -0.3 is 15.1 Å². The number of aromatic amines is 1. The van der Waals surface area contributed by atoms with Gasteiger partial charge in [0.25, 0.3) is 11.8 Å². The van der Waals surface area contributed by atoms with Gasteiger partial charge in [0.1, 0.15) is 0 Å². The van der Waals surface area contributed by atoms with Crippen LogP contribution in [0.5, 0.6) is 0 Å². The van der Waals surface area contributed by atoms with Gasteiger partial charge in [0.05, 0.1) is 16.6 Å². The highest BCUT2D eigenvalue weighted by Gasteiger charge is 2.29. The number of piperidine rings is 1. The highest BCUT2D eigenvalue weighted by atomic mass is 35.5. The molecule has 2 aliphatic rings. The SMILES string of the molecule is CN(C(=O)c1ccc2c(c1)[C@H](NC(=O)c1ccccc1Cl)CC2)C1CCN(c2cc[nH+]cc2)CC1. The standard InChI is InChI=1S/C28H29ClN4O2/c1-32(21-12-16-33(17-13-21)22-10-14-30-15-11-22)28(35)20-7-6-19-8-9-26(24(19)18-20)31-27(34)23-4-2-3-5-25(23)29/h2-7,10-11,14-15,18,21,26H,8-9,12-13,16-17H2,1H3,(H,31,34)/p+1/t26-/m1/s1. The van der Waals surface area contributed by atoms with Crippen molar-refractivity contribution >= 4 is 29.1 Å². The smallest absolute Gasteiger partial charge is 0.253 e. The number of halogens is 1. The molecule has 7 heteroatoms. The van der Waals surface area contributed by atoms with E-state index in [9.17, 15) is 9.59 Å². The fraction of sp³-hybridized carbons (Fsp3) is 0.321. The van der Waals surface area contributed by atoms with Crippen LogP contribution in [-0.2, 0) is 6.42 Å². The van der Waals surface area contributed by atoms with E-state index < -0.39 is 0 Å². The van der Waals surface area contributed by atoms with Crippen LogP contribution in [0, 0.1) is 0 Å². The van der Waals surface area contributed by atoms with Crippen LogP contribution in [0.1, 0.15) is 57.1 Å². The molecule has 3 aromatic rings. The van der Waals surface area contributed by atoms with Crippen molar-refractivity contribution in [1.82, 2.24) is 10.2 Å². The molecule has 1 aromatic heterocycles. The molecule has 5 rings (SSSR count). The number of benzene rings is 2. The Hall–Kier alpha value is -3.38. The van der Waals surface area contributed by atoms with Gasteiger partial charge in [-0.2, -0.15) is 0 Å². The molecule has 0 saturated carbocycles. The molecule has 0 spiro atoms. The van der Waals surface area contributed by atoms with E-state index in [1.807, 2.05) is 48.6 Å². The summed E-state index contributed by atoms with van der Waals surface area (Å²) < 4.78 is 0. The van der Waals surface area contributed by atoms with Crippen molar-refractivity contribution in [2.45, 2.75) is 37.8 Å². The van der Waals surface area contributed by atoms with E-state index in [0.29, 0.717) is 16.1 Å². The summed E-state index contributed by atoms with van der Waals surface area (Å²) in [6, 6.07) is 17.2. The van der Waals surface area contributed by atoms with Crippen LogP contribution in [0.25, 0.3) is 0 Å². The summed E-state index contributed by atoms with van der Waals surface area (Å²) in [4.78, 5) is 33.5. The monoisotopic (exact) mass is 489 g/mol. The number of nitrogens with one attached hydrogen (secondary N) is 2. The number of fused-ring (bicyclic) bond motifs is 1. The van der Waals surface area contributed by atoms with Crippen LogP contribution in [0.4, 0.5) is 5.69 Å². The molecule has 35 heavy (non-hydrogen) atoms. The van der Waals surface area contributed by atoms with Crippen molar-refractivity contribution in [3.8, 4) is 0 Å². The van der Waals surface area contributed by atoms with E-state index in [1.165, 1.54) is 11.3 Å². The average Bonchev–Trinajstić information content (AvgIpc) is 3.30. The Bertz CT molecular complexity index is 1220. The zero-order valence-electron chi connectivity index (χ0n) is 19.8. The van der Waals surface area contributed by atoms with E-state index in [2.05, 4.69) is 27.3 Å². The largest absolute Gasteiger partial charge is 0.371 e. The number of amides is 2. The van der Waals surface area contributed by atoms with E-state index in [-0.39, 0.29) is 23.9 Å². The Morgan fingerprint density at radius 1 is 1.03 bits per heavy atom. The molecule has 0 unspecified atom stereocenters. The van der Waals surface area contributed by atoms with E-state index in [1.54, 1.807) is 18.2 Å². The topological polar surface area (TPSA) is 66.8 Å². The number of hydrogen-bond donors (Lipinski definition) is 1. The van der Waals surface area contributed by atoms with Gasteiger partial charge in [-0.3, -0.25) is 9.59 Å². The van der Waals surface area contributed by atoms with Gasteiger partial charge in [0.15, 0.2) is 12.4 Å². The van der Waals surface area contributed by atoms with Gasteiger partial charge in [-0.05, 0) is 61.1 Å². The lowest BCUT2D eigenvalue weighted by atomic mass is 10.00. The maximum absolute atomic E-state index is 13.4. The maximum Gasteiger partial charge on any atom is 0.253 e. The van der Waals surface area contributed by atoms with Crippen LogP contribution in [0.2, 0.25) is 5.02 Å². The molecule has 2 N–H and O–H groups in total. The van der Waals surface area contributed by atoms with Crippen molar-refractivity contribution in [3.05, 3.63) is 94.3 Å². The van der Waals surface area contributed by atoms with Gasteiger partial charge in [-0.1, -0.05) is 29.8 Å². The second-order valence-electron chi connectivity index (χ2n) is 9.35. The van der Waals surface area contributed by atoms with Crippen LogP contribution >= 0.6 is 11.6 Å². The molecule has 1 aliphatic heterocycles. The fourth-order valence-electron chi connectivity index (χ4n) is 5.24. The second kappa shape index (κ2) is 10.1. The number of hydrogen-bond acceptors (Lipinski definition) is 3. The normalized spacial score (nSPS) is 17.7.